The molecular formula is C18H18S8. The van der Waals surface area contributed by atoms with Crippen molar-refractivity contribution in [2.45, 2.75) is 40.5 Å². The molecule has 4 heterocycles. The highest BCUT2D eigenvalue weighted by Crippen LogP contribution is 2.60. The van der Waals surface area contributed by atoms with Gasteiger partial charge in [0, 0.05) is 0 Å². The van der Waals surface area contributed by atoms with E-state index in [-0.39, 0.29) is 0 Å². The standard InChI is InChI=1S/C18H18S8/c1-9-10(2)22-17(21-9)15-19-7-13(25-15)5-6-14-8-20-16(26-14)18-23-11(3)12(4)24-18/h7-8H,5-6H2,1-4H3. The van der Waals surface area contributed by atoms with Crippen LogP contribution in [0.25, 0.3) is 0 Å². The fraction of sp³-hybridized carbons (Fsp3) is 0.333. The highest BCUT2D eigenvalue weighted by molar-refractivity contribution is 8.34. The molecule has 0 saturated heterocycles. The van der Waals surface area contributed by atoms with Crippen LogP contribution in [0.3, 0.4) is 0 Å². The lowest BCUT2D eigenvalue weighted by molar-refractivity contribution is 1.03. The van der Waals surface area contributed by atoms with E-state index in [2.05, 4.69) is 38.5 Å². The van der Waals surface area contributed by atoms with Crippen molar-refractivity contribution in [2.75, 3.05) is 0 Å². The van der Waals surface area contributed by atoms with E-state index < -0.39 is 0 Å². The zero-order valence-corrected chi connectivity index (χ0v) is 21.4. The summed E-state index contributed by atoms with van der Waals surface area (Å²) in [6.07, 6.45) is 2.32. The Morgan fingerprint density at radius 2 is 0.846 bits per heavy atom. The van der Waals surface area contributed by atoms with Gasteiger partial charge >= 0.3 is 0 Å². The molecule has 138 valence electrons. The number of thioether (sulfide) groups is 8. The molecule has 0 amide bonds. The van der Waals surface area contributed by atoms with Crippen LogP contribution in [0.5, 0.6) is 0 Å². The lowest BCUT2D eigenvalue weighted by Gasteiger charge is -2.05. The molecule has 0 unspecified atom stereocenters. The van der Waals surface area contributed by atoms with Gasteiger partial charge in [-0.25, -0.2) is 0 Å². The summed E-state index contributed by atoms with van der Waals surface area (Å²) in [4.78, 5) is 8.87. The van der Waals surface area contributed by atoms with E-state index in [1.807, 2.05) is 94.1 Å². The summed E-state index contributed by atoms with van der Waals surface area (Å²) in [5.41, 5.74) is 0. The first-order chi connectivity index (χ1) is 12.5. The number of hydrogen-bond donors (Lipinski definition) is 0. The van der Waals surface area contributed by atoms with E-state index in [0.717, 1.165) is 12.8 Å². The van der Waals surface area contributed by atoms with Crippen molar-refractivity contribution < 1.29 is 0 Å². The Morgan fingerprint density at radius 1 is 0.500 bits per heavy atom. The first-order valence-corrected chi connectivity index (χ1v) is 14.8. The van der Waals surface area contributed by atoms with Crippen molar-refractivity contribution >= 4 is 94.1 Å². The molecule has 0 aromatic heterocycles. The van der Waals surface area contributed by atoms with E-state index in [1.165, 1.54) is 46.4 Å². The van der Waals surface area contributed by atoms with Crippen LogP contribution < -0.4 is 0 Å². The average molecular weight is 491 g/mol. The summed E-state index contributed by atoms with van der Waals surface area (Å²) in [7, 11) is 0. The smallest absolute Gasteiger partial charge is 0.0699 e. The van der Waals surface area contributed by atoms with Gasteiger partial charge in [0.25, 0.3) is 0 Å². The molecule has 0 radical (unpaired) electrons. The normalized spacial score (nSPS) is 23.8. The van der Waals surface area contributed by atoms with Crippen LogP contribution in [0.1, 0.15) is 40.5 Å². The number of allylic oxidation sites excluding steroid dienone is 6. The SMILES string of the molecule is CC1=C(C)SC(=C2SC=C(CCC3=CSC(=C4SC(C)=C(C)S4)S3)S2)S1. The van der Waals surface area contributed by atoms with Crippen molar-refractivity contribution in [1.29, 1.82) is 0 Å². The van der Waals surface area contributed by atoms with Crippen LogP contribution in [0, 0.1) is 0 Å². The first kappa shape index (κ1) is 20.5. The third-order valence-electron chi connectivity index (χ3n) is 3.97. The van der Waals surface area contributed by atoms with E-state index in [9.17, 15) is 0 Å². The predicted octanol–water partition coefficient (Wildman–Crippen LogP) is 10.1. The van der Waals surface area contributed by atoms with Gasteiger partial charge in [-0.05, 0) is 80.8 Å². The van der Waals surface area contributed by atoms with Crippen molar-refractivity contribution in [3.63, 3.8) is 0 Å². The van der Waals surface area contributed by atoms with E-state index in [4.69, 9.17) is 0 Å². The second-order valence-electron chi connectivity index (χ2n) is 5.89. The van der Waals surface area contributed by atoms with Gasteiger partial charge in [0.2, 0.25) is 0 Å². The Labute approximate surface area is 190 Å². The molecule has 0 N–H and O–H groups in total. The van der Waals surface area contributed by atoms with Crippen LogP contribution in [-0.4, -0.2) is 0 Å². The van der Waals surface area contributed by atoms with Crippen molar-refractivity contribution in [1.82, 2.24) is 0 Å². The maximum atomic E-state index is 2.36. The molecule has 0 atom stereocenters. The van der Waals surface area contributed by atoms with E-state index in [0.29, 0.717) is 0 Å². The van der Waals surface area contributed by atoms with Gasteiger partial charge < -0.3 is 0 Å². The topological polar surface area (TPSA) is 0 Å². The summed E-state index contributed by atoms with van der Waals surface area (Å²) in [6.45, 7) is 8.91. The molecule has 8 heteroatoms. The monoisotopic (exact) mass is 490 g/mol. The molecule has 0 fully saturated rings. The molecule has 4 aliphatic rings. The summed E-state index contributed by atoms with van der Waals surface area (Å²) in [5.74, 6) is 0. The van der Waals surface area contributed by atoms with Crippen LogP contribution >= 0.6 is 94.1 Å². The molecule has 0 bridgehead atoms. The fourth-order valence-corrected chi connectivity index (χ4v) is 12.6. The molecule has 0 aromatic rings. The minimum atomic E-state index is 1.16. The molecule has 26 heavy (non-hydrogen) atoms. The molecule has 0 aliphatic carbocycles. The zero-order chi connectivity index (χ0) is 18.3. The predicted molar refractivity (Wildman–Crippen MR) is 137 cm³/mol. The second kappa shape index (κ2) is 8.94. The van der Waals surface area contributed by atoms with Gasteiger partial charge in [0.1, 0.15) is 0 Å². The van der Waals surface area contributed by atoms with Gasteiger partial charge in [-0.3, -0.25) is 0 Å². The van der Waals surface area contributed by atoms with Crippen molar-refractivity contribution in [3.05, 3.63) is 57.2 Å². The maximum absolute atomic E-state index is 2.36. The third-order valence-corrected chi connectivity index (χ3v) is 15.2. The highest BCUT2D eigenvalue weighted by Gasteiger charge is 2.25. The van der Waals surface area contributed by atoms with Crippen LogP contribution in [-0.2, 0) is 0 Å². The Morgan fingerprint density at radius 3 is 1.19 bits per heavy atom. The minimum Gasteiger partial charge on any atom is -0.0881 e. The number of hydrogen-bond acceptors (Lipinski definition) is 8. The Bertz CT molecular complexity index is 735. The summed E-state index contributed by atoms with van der Waals surface area (Å²) >= 11 is 15.6. The van der Waals surface area contributed by atoms with Crippen molar-refractivity contribution in [3.8, 4) is 0 Å². The molecule has 0 aromatic carbocycles. The molecule has 4 rings (SSSR count). The summed E-state index contributed by atoms with van der Waals surface area (Å²) in [6, 6.07) is 0. The molecule has 0 spiro atoms. The molecule has 0 nitrogen and oxygen atoms in total. The molecular weight excluding hydrogens is 473 g/mol. The van der Waals surface area contributed by atoms with E-state index >= 15 is 0 Å². The Balaban J connectivity index is 1.28. The van der Waals surface area contributed by atoms with Gasteiger partial charge in [-0.2, -0.15) is 0 Å². The number of rotatable bonds is 3. The maximum Gasteiger partial charge on any atom is 0.0699 e. The first-order valence-electron chi connectivity index (χ1n) is 8.11. The highest BCUT2D eigenvalue weighted by atomic mass is 32.2. The van der Waals surface area contributed by atoms with Gasteiger partial charge in [-0.1, -0.05) is 94.1 Å². The van der Waals surface area contributed by atoms with Crippen LogP contribution in [0.2, 0.25) is 0 Å². The fourth-order valence-electron chi connectivity index (χ4n) is 2.27. The second-order valence-corrected chi connectivity index (χ2v) is 15.9. The van der Waals surface area contributed by atoms with Crippen LogP contribution in [0.15, 0.2) is 57.2 Å². The van der Waals surface area contributed by atoms with Gasteiger partial charge in [0.15, 0.2) is 0 Å². The molecule has 0 saturated carbocycles. The third kappa shape index (κ3) is 4.69. The minimum absolute atomic E-state index is 1.16. The van der Waals surface area contributed by atoms with E-state index in [1.54, 1.807) is 0 Å². The molecule has 4 aliphatic heterocycles. The largest absolute Gasteiger partial charge is 0.0881 e. The Kier molecular flexibility index (Phi) is 7.05. The van der Waals surface area contributed by atoms with Gasteiger partial charge in [0.05, 0.1) is 16.9 Å². The Hall–Kier alpha value is 1.24. The summed E-state index contributed by atoms with van der Waals surface area (Å²) in [5, 5.41) is 4.73. The summed E-state index contributed by atoms with van der Waals surface area (Å²) < 4.78 is 5.91. The lowest BCUT2D eigenvalue weighted by atomic mass is 10.3. The van der Waals surface area contributed by atoms with Gasteiger partial charge in [-0.15, -0.1) is 0 Å². The average Bonchev–Trinajstić information content (AvgIpc) is 3.36. The van der Waals surface area contributed by atoms with Crippen LogP contribution in [0.4, 0.5) is 0 Å². The quantitative estimate of drug-likeness (QED) is 0.378. The van der Waals surface area contributed by atoms with Crippen molar-refractivity contribution in [2.24, 2.45) is 0 Å². The zero-order valence-electron chi connectivity index (χ0n) is 14.8. The lowest BCUT2D eigenvalue weighted by Crippen LogP contribution is -1.78.